The first-order valence-electron chi connectivity index (χ1n) is 8.09. The highest BCUT2D eigenvalue weighted by molar-refractivity contribution is 7.16. The van der Waals surface area contributed by atoms with Crippen molar-refractivity contribution in [2.75, 3.05) is 25.6 Å². The molecule has 3 aromatic rings. The lowest BCUT2D eigenvalue weighted by atomic mass is 10.2. The van der Waals surface area contributed by atoms with Crippen LogP contribution in [0.5, 0.6) is 11.6 Å². The zero-order valence-electron chi connectivity index (χ0n) is 14.8. The lowest BCUT2D eigenvalue weighted by molar-refractivity contribution is -0.125. The average Bonchev–Trinajstić information content (AvgIpc) is 3.14. The van der Waals surface area contributed by atoms with Crippen LogP contribution in [0.3, 0.4) is 0 Å². The number of nitrogens with one attached hydrogen (secondary N) is 2. The van der Waals surface area contributed by atoms with Crippen molar-refractivity contribution in [3.05, 3.63) is 41.5 Å². The molecule has 0 saturated carbocycles. The second kappa shape index (κ2) is 8.45. The summed E-state index contributed by atoms with van der Waals surface area (Å²) in [6, 6.07) is 7.27. The molecule has 0 radical (unpaired) electrons. The van der Waals surface area contributed by atoms with Crippen molar-refractivity contribution in [3.63, 3.8) is 0 Å². The Balaban J connectivity index is 1.50. The third-order valence-corrected chi connectivity index (χ3v) is 4.46. The van der Waals surface area contributed by atoms with Crippen LogP contribution >= 0.6 is 11.3 Å². The van der Waals surface area contributed by atoms with Gasteiger partial charge in [-0.1, -0.05) is 6.07 Å². The number of hydrogen-bond donors (Lipinski definition) is 2. The lowest BCUT2D eigenvalue weighted by Gasteiger charge is -2.11. The van der Waals surface area contributed by atoms with Gasteiger partial charge >= 0.3 is 0 Å². The fourth-order valence-electron chi connectivity index (χ4n) is 2.36. The van der Waals surface area contributed by atoms with E-state index in [2.05, 4.69) is 20.6 Å². The Morgan fingerprint density at radius 2 is 2.04 bits per heavy atom. The number of nitrogens with zero attached hydrogens (tertiary/aromatic N) is 2. The number of ether oxygens (including phenoxy) is 2. The molecule has 0 aliphatic carbocycles. The highest BCUT2D eigenvalue weighted by Gasteiger charge is 2.11. The summed E-state index contributed by atoms with van der Waals surface area (Å²) in [5.41, 5.74) is 1.53. The molecule has 0 aliphatic heterocycles. The van der Waals surface area contributed by atoms with E-state index in [0.717, 1.165) is 15.8 Å². The quantitative estimate of drug-likeness (QED) is 0.645. The molecule has 9 heteroatoms. The molecule has 1 aromatic carbocycles. The number of aryl methyl sites for hydroxylation is 1. The van der Waals surface area contributed by atoms with Crippen LogP contribution in [0.1, 0.15) is 5.56 Å². The highest BCUT2D eigenvalue weighted by Crippen LogP contribution is 2.26. The third-order valence-electron chi connectivity index (χ3n) is 3.64. The highest BCUT2D eigenvalue weighted by atomic mass is 32.1. The molecule has 2 heterocycles. The van der Waals surface area contributed by atoms with Gasteiger partial charge in [-0.3, -0.25) is 9.59 Å². The molecule has 0 bridgehead atoms. The lowest BCUT2D eigenvalue weighted by Crippen LogP contribution is -2.35. The minimum atomic E-state index is -0.427. The smallest absolute Gasteiger partial charge is 0.258 e. The van der Waals surface area contributed by atoms with Crippen molar-refractivity contribution < 1.29 is 19.1 Å². The van der Waals surface area contributed by atoms with Gasteiger partial charge < -0.3 is 20.1 Å². The number of amides is 2. The van der Waals surface area contributed by atoms with Crippen LogP contribution in [0.4, 0.5) is 5.69 Å². The molecule has 3 rings (SSSR count). The maximum Gasteiger partial charge on any atom is 0.258 e. The second-order valence-corrected chi connectivity index (χ2v) is 6.53. The van der Waals surface area contributed by atoms with Crippen molar-refractivity contribution in [3.8, 4) is 11.6 Å². The summed E-state index contributed by atoms with van der Waals surface area (Å²) in [5.74, 6) is 0.0929. The maximum absolute atomic E-state index is 12.1. The van der Waals surface area contributed by atoms with E-state index >= 15 is 0 Å². The molecule has 2 N–H and O–H groups in total. The summed E-state index contributed by atoms with van der Waals surface area (Å²) < 4.78 is 10.6. The van der Waals surface area contributed by atoms with E-state index in [4.69, 9.17) is 9.47 Å². The SMILES string of the molecule is COc1ccc(C)cc1NC(=O)CNC(=O)COc1ncnc2sccc12. The summed E-state index contributed by atoms with van der Waals surface area (Å²) >= 11 is 1.46. The largest absolute Gasteiger partial charge is 0.495 e. The Morgan fingerprint density at radius 1 is 1.19 bits per heavy atom. The van der Waals surface area contributed by atoms with Gasteiger partial charge in [0.2, 0.25) is 11.8 Å². The molecule has 27 heavy (non-hydrogen) atoms. The van der Waals surface area contributed by atoms with Crippen molar-refractivity contribution in [1.29, 1.82) is 0 Å². The molecule has 140 valence electrons. The molecule has 8 nitrogen and oxygen atoms in total. The predicted molar refractivity (Wildman–Crippen MR) is 102 cm³/mol. The molecule has 0 unspecified atom stereocenters. The Hall–Kier alpha value is -3.20. The Morgan fingerprint density at radius 3 is 2.85 bits per heavy atom. The van der Waals surface area contributed by atoms with Gasteiger partial charge in [0.25, 0.3) is 5.91 Å². The van der Waals surface area contributed by atoms with Crippen LogP contribution < -0.4 is 20.1 Å². The minimum Gasteiger partial charge on any atom is -0.495 e. The molecular weight excluding hydrogens is 368 g/mol. The van der Waals surface area contributed by atoms with Gasteiger partial charge in [-0.05, 0) is 36.1 Å². The molecular formula is C18H18N4O4S. The van der Waals surface area contributed by atoms with Gasteiger partial charge in [0.15, 0.2) is 6.61 Å². The van der Waals surface area contributed by atoms with E-state index < -0.39 is 5.91 Å². The number of thiophene rings is 1. The third kappa shape index (κ3) is 4.70. The van der Waals surface area contributed by atoms with Crippen LogP contribution in [-0.2, 0) is 9.59 Å². The summed E-state index contributed by atoms with van der Waals surface area (Å²) in [4.78, 5) is 32.9. The number of carbonyl (C=O) groups excluding carboxylic acids is 2. The first-order valence-corrected chi connectivity index (χ1v) is 8.97. The van der Waals surface area contributed by atoms with Gasteiger partial charge in [-0.2, -0.15) is 0 Å². The van der Waals surface area contributed by atoms with Gasteiger partial charge in [0, 0.05) is 0 Å². The monoisotopic (exact) mass is 386 g/mol. The van der Waals surface area contributed by atoms with E-state index in [1.165, 1.54) is 24.8 Å². The topological polar surface area (TPSA) is 102 Å². The van der Waals surface area contributed by atoms with Crippen LogP contribution in [0.15, 0.2) is 36.0 Å². The van der Waals surface area contributed by atoms with E-state index in [-0.39, 0.29) is 19.1 Å². The first-order chi connectivity index (χ1) is 13.1. The van der Waals surface area contributed by atoms with Gasteiger partial charge in [0.05, 0.1) is 24.7 Å². The average molecular weight is 386 g/mol. The van der Waals surface area contributed by atoms with Crippen molar-refractivity contribution in [2.24, 2.45) is 0 Å². The summed E-state index contributed by atoms with van der Waals surface area (Å²) in [7, 11) is 1.52. The molecule has 0 aliphatic rings. The molecule has 0 atom stereocenters. The Labute approximate surface area is 159 Å². The molecule has 0 spiro atoms. The maximum atomic E-state index is 12.1. The zero-order valence-corrected chi connectivity index (χ0v) is 15.6. The molecule has 0 fully saturated rings. The Kier molecular flexibility index (Phi) is 5.82. The zero-order chi connectivity index (χ0) is 19.2. The Bertz CT molecular complexity index is 973. The number of rotatable bonds is 7. The molecule has 0 saturated heterocycles. The second-order valence-electron chi connectivity index (χ2n) is 5.64. The van der Waals surface area contributed by atoms with Crippen LogP contribution in [0.2, 0.25) is 0 Å². The van der Waals surface area contributed by atoms with E-state index in [1.54, 1.807) is 12.1 Å². The first kappa shape index (κ1) is 18.6. The summed E-state index contributed by atoms with van der Waals surface area (Å²) in [5, 5.41) is 7.84. The normalized spacial score (nSPS) is 10.4. The minimum absolute atomic E-state index is 0.184. The number of anilines is 1. The standard InChI is InChI=1S/C18H18N4O4S/c1-11-3-4-14(25-2)13(7-11)22-15(23)8-19-16(24)9-26-17-12-5-6-27-18(12)21-10-20-17/h3-7,10H,8-9H2,1-2H3,(H,19,24)(H,22,23). The number of carbonyl (C=O) groups is 2. The summed E-state index contributed by atoms with van der Waals surface area (Å²) in [6.45, 7) is 1.48. The van der Waals surface area contributed by atoms with Crippen molar-refractivity contribution >= 4 is 39.1 Å². The fourth-order valence-corrected chi connectivity index (χ4v) is 3.08. The van der Waals surface area contributed by atoms with Crippen LogP contribution in [0, 0.1) is 6.92 Å². The number of hydrogen-bond acceptors (Lipinski definition) is 7. The van der Waals surface area contributed by atoms with Crippen molar-refractivity contribution in [1.82, 2.24) is 15.3 Å². The molecule has 2 aromatic heterocycles. The van der Waals surface area contributed by atoms with Crippen LogP contribution in [0.25, 0.3) is 10.2 Å². The number of methoxy groups -OCH3 is 1. The van der Waals surface area contributed by atoms with E-state index in [1.807, 2.05) is 24.4 Å². The predicted octanol–water partition coefficient (Wildman–Crippen LogP) is 2.14. The molecule has 2 amide bonds. The van der Waals surface area contributed by atoms with E-state index in [0.29, 0.717) is 17.3 Å². The fraction of sp³-hybridized carbons (Fsp3) is 0.222. The number of aromatic nitrogens is 2. The van der Waals surface area contributed by atoms with Gasteiger partial charge in [-0.15, -0.1) is 11.3 Å². The van der Waals surface area contributed by atoms with Gasteiger partial charge in [0.1, 0.15) is 16.9 Å². The van der Waals surface area contributed by atoms with Crippen LogP contribution in [-0.4, -0.2) is 42.0 Å². The number of benzene rings is 1. The van der Waals surface area contributed by atoms with Crippen molar-refractivity contribution in [2.45, 2.75) is 6.92 Å². The van der Waals surface area contributed by atoms with E-state index in [9.17, 15) is 9.59 Å². The number of fused-ring (bicyclic) bond motifs is 1. The summed E-state index contributed by atoms with van der Waals surface area (Å²) in [6.07, 6.45) is 1.38. The van der Waals surface area contributed by atoms with Gasteiger partial charge in [-0.25, -0.2) is 9.97 Å².